The molecule has 33 heavy (non-hydrogen) atoms. The number of carboxylic acids is 1. The van der Waals surface area contributed by atoms with Gasteiger partial charge in [0, 0.05) is 16.3 Å². The van der Waals surface area contributed by atoms with Gasteiger partial charge in [-0.1, -0.05) is 41.9 Å². The summed E-state index contributed by atoms with van der Waals surface area (Å²) in [6, 6.07) is 22.0. The van der Waals surface area contributed by atoms with Crippen LogP contribution in [0.4, 0.5) is 5.69 Å². The lowest BCUT2D eigenvalue weighted by Gasteiger charge is -2.43. The largest absolute Gasteiger partial charge is 0.489 e. The molecule has 0 amide bonds. The molecule has 5 heteroatoms. The molecular weight excluding hydrogens is 434 g/mol. The average molecular weight is 460 g/mol. The van der Waals surface area contributed by atoms with Crippen LogP contribution in [0.1, 0.15) is 58.3 Å². The Morgan fingerprint density at radius 3 is 2.61 bits per heavy atom. The van der Waals surface area contributed by atoms with E-state index in [0.717, 1.165) is 17.0 Å². The summed E-state index contributed by atoms with van der Waals surface area (Å²) in [5.74, 6) is 2.24. The summed E-state index contributed by atoms with van der Waals surface area (Å²) in [5.41, 5.74) is 4.89. The molecule has 2 aliphatic carbocycles. The highest BCUT2D eigenvalue weighted by Gasteiger charge is 2.53. The van der Waals surface area contributed by atoms with Gasteiger partial charge in [-0.25, -0.2) is 4.79 Å². The second kappa shape index (κ2) is 8.11. The van der Waals surface area contributed by atoms with E-state index in [0.29, 0.717) is 40.9 Å². The molecule has 2 bridgehead atoms. The van der Waals surface area contributed by atoms with Crippen LogP contribution in [0, 0.1) is 17.8 Å². The molecule has 2 N–H and O–H groups in total. The summed E-state index contributed by atoms with van der Waals surface area (Å²) in [5, 5.41) is 14.0. The third-order valence-electron chi connectivity index (χ3n) is 7.93. The van der Waals surface area contributed by atoms with E-state index >= 15 is 0 Å². The van der Waals surface area contributed by atoms with Gasteiger partial charge in [-0.05, 0) is 90.5 Å². The van der Waals surface area contributed by atoms with Crippen LogP contribution in [-0.2, 0) is 6.61 Å². The van der Waals surface area contributed by atoms with Crippen molar-refractivity contribution in [3.05, 3.63) is 94.0 Å². The molecule has 1 heterocycles. The Morgan fingerprint density at radius 1 is 1.03 bits per heavy atom. The Balaban J connectivity index is 1.27. The number of ether oxygens (including phenoxy) is 1. The highest BCUT2D eigenvalue weighted by atomic mass is 35.5. The first-order chi connectivity index (χ1) is 16.1. The van der Waals surface area contributed by atoms with Crippen molar-refractivity contribution in [2.45, 2.75) is 37.8 Å². The molecule has 3 aromatic carbocycles. The van der Waals surface area contributed by atoms with Gasteiger partial charge in [-0.3, -0.25) is 0 Å². The number of rotatable bonds is 5. The minimum atomic E-state index is -0.855. The molecule has 3 aliphatic rings. The van der Waals surface area contributed by atoms with Crippen LogP contribution in [0.2, 0.25) is 5.02 Å². The van der Waals surface area contributed by atoms with Crippen molar-refractivity contribution in [1.29, 1.82) is 0 Å². The van der Waals surface area contributed by atoms with Gasteiger partial charge < -0.3 is 15.2 Å². The standard InChI is InChI=1S/C28H26ClNO3/c29-23-4-2-1-3-20(23)15-33-21-10-7-16(8-11-21)27-26-18-6-5-17(13-18)25(26)22-14-19(28(31)32)9-12-24(22)30-27/h1-4,7-12,14,17-18,25-27,30H,5-6,13,15H2,(H,31,32)/t17-,18-,25-,26-,27-/m0/s1. The van der Waals surface area contributed by atoms with E-state index in [1.54, 1.807) is 6.07 Å². The number of anilines is 1. The maximum absolute atomic E-state index is 11.6. The topological polar surface area (TPSA) is 58.6 Å². The highest BCUT2D eigenvalue weighted by molar-refractivity contribution is 6.31. The van der Waals surface area contributed by atoms with Crippen molar-refractivity contribution in [3.8, 4) is 5.75 Å². The van der Waals surface area contributed by atoms with Crippen LogP contribution in [0.5, 0.6) is 5.75 Å². The minimum Gasteiger partial charge on any atom is -0.489 e. The molecule has 5 atom stereocenters. The normalized spacial score (nSPS) is 26.9. The number of nitrogens with one attached hydrogen (secondary N) is 1. The van der Waals surface area contributed by atoms with E-state index < -0.39 is 5.97 Å². The number of aromatic carboxylic acids is 1. The Labute approximate surface area is 198 Å². The smallest absolute Gasteiger partial charge is 0.335 e. The zero-order valence-electron chi connectivity index (χ0n) is 18.2. The first kappa shape index (κ1) is 20.6. The Morgan fingerprint density at radius 2 is 1.82 bits per heavy atom. The van der Waals surface area contributed by atoms with Gasteiger partial charge in [0.15, 0.2) is 0 Å². The summed E-state index contributed by atoms with van der Waals surface area (Å²) in [6.07, 6.45) is 3.78. The molecule has 1 aliphatic heterocycles. The van der Waals surface area contributed by atoms with Crippen molar-refractivity contribution in [2.75, 3.05) is 5.32 Å². The third-order valence-corrected chi connectivity index (χ3v) is 8.29. The predicted octanol–water partition coefficient (Wildman–Crippen LogP) is 6.91. The first-order valence-corrected chi connectivity index (χ1v) is 12.1. The van der Waals surface area contributed by atoms with E-state index in [4.69, 9.17) is 16.3 Å². The van der Waals surface area contributed by atoms with Crippen LogP contribution in [0.3, 0.4) is 0 Å². The first-order valence-electron chi connectivity index (χ1n) is 11.7. The Kier molecular flexibility index (Phi) is 5.06. The Hall–Kier alpha value is -2.98. The van der Waals surface area contributed by atoms with Crippen LogP contribution >= 0.6 is 11.6 Å². The molecule has 0 aromatic heterocycles. The molecule has 0 spiro atoms. The molecule has 0 saturated heterocycles. The maximum atomic E-state index is 11.6. The summed E-state index contributed by atoms with van der Waals surface area (Å²) in [6.45, 7) is 0.439. The van der Waals surface area contributed by atoms with E-state index in [-0.39, 0.29) is 6.04 Å². The second-order valence-corrected chi connectivity index (χ2v) is 10.0. The van der Waals surface area contributed by atoms with E-state index in [2.05, 4.69) is 17.4 Å². The molecule has 168 valence electrons. The van der Waals surface area contributed by atoms with E-state index in [9.17, 15) is 9.90 Å². The van der Waals surface area contributed by atoms with Crippen LogP contribution in [0.15, 0.2) is 66.7 Å². The van der Waals surface area contributed by atoms with Gasteiger partial charge in [0.05, 0.1) is 11.6 Å². The third kappa shape index (κ3) is 3.57. The van der Waals surface area contributed by atoms with Gasteiger partial charge in [-0.2, -0.15) is 0 Å². The molecule has 0 unspecified atom stereocenters. The second-order valence-electron chi connectivity index (χ2n) is 9.61. The number of fused-ring (bicyclic) bond motifs is 7. The quantitative estimate of drug-likeness (QED) is 0.435. The monoisotopic (exact) mass is 459 g/mol. The van der Waals surface area contributed by atoms with E-state index in [1.807, 2.05) is 48.5 Å². The van der Waals surface area contributed by atoms with Crippen LogP contribution in [0.25, 0.3) is 0 Å². The highest BCUT2D eigenvalue weighted by Crippen LogP contribution is 2.63. The zero-order chi connectivity index (χ0) is 22.5. The number of benzene rings is 3. The molecule has 2 fully saturated rings. The SMILES string of the molecule is O=C(O)c1ccc2c(c1)[C@@H]1[C@H]3CC[C@@H](C3)[C@@H]1[C@H](c1ccc(OCc3ccccc3Cl)cc1)N2. The lowest BCUT2D eigenvalue weighted by Crippen LogP contribution is -2.35. The number of carbonyl (C=O) groups is 1. The minimum absolute atomic E-state index is 0.228. The Bertz CT molecular complexity index is 1210. The van der Waals surface area contributed by atoms with Gasteiger partial charge in [0.1, 0.15) is 12.4 Å². The fraction of sp³-hybridized carbons (Fsp3) is 0.321. The summed E-state index contributed by atoms with van der Waals surface area (Å²) >= 11 is 6.25. The molecule has 2 saturated carbocycles. The van der Waals surface area contributed by atoms with Crippen molar-refractivity contribution in [1.82, 2.24) is 0 Å². The van der Waals surface area contributed by atoms with Gasteiger partial charge in [0.25, 0.3) is 0 Å². The number of hydrogen-bond acceptors (Lipinski definition) is 3. The molecule has 4 nitrogen and oxygen atoms in total. The fourth-order valence-electron chi connectivity index (χ4n) is 6.50. The lowest BCUT2D eigenvalue weighted by molar-refractivity contribution is 0.0696. The van der Waals surface area contributed by atoms with Crippen molar-refractivity contribution >= 4 is 23.3 Å². The maximum Gasteiger partial charge on any atom is 0.335 e. The summed E-state index contributed by atoms with van der Waals surface area (Å²) < 4.78 is 5.98. The number of halogens is 1. The van der Waals surface area contributed by atoms with Crippen molar-refractivity contribution in [2.24, 2.45) is 17.8 Å². The van der Waals surface area contributed by atoms with Crippen LogP contribution < -0.4 is 10.1 Å². The zero-order valence-corrected chi connectivity index (χ0v) is 19.0. The van der Waals surface area contributed by atoms with E-state index in [1.165, 1.54) is 30.4 Å². The lowest BCUT2D eigenvalue weighted by atomic mass is 9.68. The molecule has 0 radical (unpaired) electrons. The average Bonchev–Trinajstić information content (AvgIpc) is 3.46. The van der Waals surface area contributed by atoms with Gasteiger partial charge in [0.2, 0.25) is 0 Å². The fourth-order valence-corrected chi connectivity index (χ4v) is 6.69. The van der Waals surface area contributed by atoms with Gasteiger partial charge >= 0.3 is 5.97 Å². The summed E-state index contributed by atoms with van der Waals surface area (Å²) in [7, 11) is 0. The van der Waals surface area contributed by atoms with Crippen molar-refractivity contribution in [3.63, 3.8) is 0 Å². The molecule has 3 aromatic rings. The number of carboxylic acid groups (broad SMARTS) is 1. The van der Waals surface area contributed by atoms with Gasteiger partial charge in [-0.15, -0.1) is 0 Å². The van der Waals surface area contributed by atoms with Crippen LogP contribution in [-0.4, -0.2) is 11.1 Å². The summed E-state index contributed by atoms with van der Waals surface area (Å²) in [4.78, 5) is 11.6. The molecule has 6 rings (SSSR count). The van der Waals surface area contributed by atoms with Crippen molar-refractivity contribution < 1.29 is 14.6 Å². The predicted molar refractivity (Wildman–Crippen MR) is 129 cm³/mol. The number of hydrogen-bond donors (Lipinski definition) is 2. The molecular formula is C28H26ClNO3.